The summed E-state index contributed by atoms with van der Waals surface area (Å²) in [7, 11) is 1.86. The number of aromatic nitrogens is 3. The Hall–Kier alpha value is -1.49. The fourth-order valence-electron chi connectivity index (χ4n) is 1.69. The lowest BCUT2D eigenvalue weighted by Crippen LogP contribution is -2.01. The number of allylic oxidation sites excluding steroid dienone is 1. The normalized spacial score (nSPS) is 12.1. The zero-order valence-corrected chi connectivity index (χ0v) is 11.1. The average molecular weight is 248 g/mol. The molecule has 0 aromatic carbocycles. The molecule has 2 heterocycles. The second-order valence-electron chi connectivity index (χ2n) is 3.61. The molecule has 0 amide bonds. The molecule has 17 heavy (non-hydrogen) atoms. The number of anilines is 1. The van der Waals surface area contributed by atoms with Crippen molar-refractivity contribution >= 4 is 28.8 Å². The summed E-state index contributed by atoms with van der Waals surface area (Å²) >= 11 is 1.70. The van der Waals surface area contributed by atoms with Gasteiger partial charge in [0.1, 0.15) is 5.82 Å². The van der Waals surface area contributed by atoms with Crippen LogP contribution < -0.4 is 5.32 Å². The van der Waals surface area contributed by atoms with Crippen LogP contribution >= 0.6 is 11.8 Å². The molecule has 0 radical (unpaired) electrons. The fourth-order valence-corrected chi connectivity index (χ4v) is 2.26. The number of rotatable bonds is 4. The van der Waals surface area contributed by atoms with E-state index in [0.717, 1.165) is 23.6 Å². The summed E-state index contributed by atoms with van der Waals surface area (Å²) in [6, 6.07) is 3.89. The third-order valence-corrected chi connectivity index (χ3v) is 3.11. The van der Waals surface area contributed by atoms with Gasteiger partial charge in [-0.3, -0.25) is 0 Å². The summed E-state index contributed by atoms with van der Waals surface area (Å²) in [5.41, 5.74) is 3.19. The van der Waals surface area contributed by atoms with E-state index in [4.69, 9.17) is 0 Å². The maximum absolute atomic E-state index is 4.50. The lowest BCUT2D eigenvalue weighted by Gasteiger charge is -2.05. The first-order valence-electron chi connectivity index (χ1n) is 5.55. The third-order valence-electron chi connectivity index (χ3n) is 2.59. The van der Waals surface area contributed by atoms with Crippen molar-refractivity contribution in [1.29, 1.82) is 0 Å². The maximum atomic E-state index is 4.50. The average Bonchev–Trinajstić information content (AvgIpc) is 2.78. The van der Waals surface area contributed by atoms with Gasteiger partial charge < -0.3 is 5.32 Å². The molecular formula is C12H16N4S. The van der Waals surface area contributed by atoms with E-state index in [-0.39, 0.29) is 0 Å². The van der Waals surface area contributed by atoms with E-state index >= 15 is 0 Å². The van der Waals surface area contributed by atoms with Crippen LogP contribution in [0, 0.1) is 0 Å². The van der Waals surface area contributed by atoms with E-state index in [0.29, 0.717) is 0 Å². The van der Waals surface area contributed by atoms with E-state index < -0.39 is 0 Å². The number of nitrogens with one attached hydrogen (secondary N) is 1. The standard InChI is InChI=1S/C12H16N4S/c1-4-9(8-17-3)10-7-14-12-6-5-11(13-2)15-16(10)12/h5-8H,4H2,1-3H3,(H,13,15)/b9-8+. The van der Waals surface area contributed by atoms with Crippen molar-refractivity contribution in [3.8, 4) is 0 Å². The minimum atomic E-state index is 0.844. The second-order valence-corrected chi connectivity index (χ2v) is 4.32. The van der Waals surface area contributed by atoms with Gasteiger partial charge in [0.05, 0.1) is 11.9 Å². The smallest absolute Gasteiger partial charge is 0.154 e. The molecule has 0 aliphatic heterocycles. The summed E-state index contributed by atoms with van der Waals surface area (Å²) in [5, 5.41) is 9.69. The molecule has 1 N–H and O–H groups in total. The van der Waals surface area contributed by atoms with Gasteiger partial charge in [0.25, 0.3) is 0 Å². The largest absolute Gasteiger partial charge is 0.372 e. The molecule has 0 bridgehead atoms. The zero-order chi connectivity index (χ0) is 12.3. The van der Waals surface area contributed by atoms with Crippen LogP contribution in [0.15, 0.2) is 23.7 Å². The first-order chi connectivity index (χ1) is 8.30. The first kappa shape index (κ1) is 12.0. The van der Waals surface area contributed by atoms with E-state index in [1.54, 1.807) is 11.8 Å². The van der Waals surface area contributed by atoms with Gasteiger partial charge in [-0.05, 0) is 35.8 Å². The van der Waals surface area contributed by atoms with E-state index in [9.17, 15) is 0 Å². The van der Waals surface area contributed by atoms with Gasteiger partial charge in [-0.25, -0.2) is 9.50 Å². The number of imidazole rings is 1. The zero-order valence-electron chi connectivity index (χ0n) is 10.3. The second kappa shape index (κ2) is 5.23. The van der Waals surface area contributed by atoms with Crippen LogP contribution in [-0.4, -0.2) is 27.9 Å². The minimum Gasteiger partial charge on any atom is -0.372 e. The van der Waals surface area contributed by atoms with Crippen molar-refractivity contribution < 1.29 is 0 Å². The molecule has 0 spiro atoms. The van der Waals surface area contributed by atoms with Crippen LogP contribution in [0.3, 0.4) is 0 Å². The number of hydrogen-bond donors (Lipinski definition) is 1. The van der Waals surface area contributed by atoms with Gasteiger partial charge in [-0.2, -0.15) is 0 Å². The topological polar surface area (TPSA) is 42.2 Å². The Balaban J connectivity index is 2.57. The van der Waals surface area contributed by atoms with Gasteiger partial charge in [-0.1, -0.05) is 6.92 Å². The molecule has 2 aromatic rings. The lowest BCUT2D eigenvalue weighted by atomic mass is 10.2. The summed E-state index contributed by atoms with van der Waals surface area (Å²) in [4.78, 5) is 4.37. The van der Waals surface area contributed by atoms with Crippen LogP contribution in [-0.2, 0) is 0 Å². The molecule has 0 aliphatic rings. The predicted molar refractivity (Wildman–Crippen MR) is 74.3 cm³/mol. The van der Waals surface area contributed by atoms with Crippen LogP contribution in [0.2, 0.25) is 0 Å². The molecule has 2 rings (SSSR count). The highest BCUT2D eigenvalue weighted by Crippen LogP contribution is 2.21. The lowest BCUT2D eigenvalue weighted by molar-refractivity contribution is 0.918. The highest BCUT2D eigenvalue weighted by atomic mass is 32.2. The Morgan fingerprint density at radius 2 is 2.35 bits per heavy atom. The van der Waals surface area contributed by atoms with Gasteiger partial charge >= 0.3 is 0 Å². The van der Waals surface area contributed by atoms with Crippen molar-refractivity contribution in [1.82, 2.24) is 14.6 Å². The van der Waals surface area contributed by atoms with Crippen LogP contribution in [0.5, 0.6) is 0 Å². The Bertz CT molecular complexity index is 544. The molecule has 4 nitrogen and oxygen atoms in total. The summed E-state index contributed by atoms with van der Waals surface area (Å²) in [6.45, 7) is 2.14. The van der Waals surface area contributed by atoms with E-state index in [1.807, 2.05) is 29.9 Å². The van der Waals surface area contributed by atoms with E-state index in [2.05, 4.69) is 34.0 Å². The molecule has 5 heteroatoms. The van der Waals surface area contributed by atoms with Gasteiger partial charge in [0.15, 0.2) is 5.65 Å². The number of thioether (sulfide) groups is 1. The summed E-state index contributed by atoms with van der Waals surface area (Å²) < 4.78 is 1.89. The molecule has 2 aromatic heterocycles. The molecule has 0 fully saturated rings. The van der Waals surface area contributed by atoms with Gasteiger partial charge in [0, 0.05) is 7.05 Å². The van der Waals surface area contributed by atoms with Gasteiger partial charge in [0.2, 0.25) is 0 Å². The SMILES string of the molecule is CC/C(=C\SC)c1cnc2ccc(NC)nn12. The maximum Gasteiger partial charge on any atom is 0.154 e. The molecule has 0 unspecified atom stereocenters. The molecular weight excluding hydrogens is 232 g/mol. The quantitative estimate of drug-likeness (QED) is 0.903. The van der Waals surface area contributed by atoms with Crippen molar-refractivity contribution in [3.63, 3.8) is 0 Å². The third kappa shape index (κ3) is 2.29. The highest BCUT2D eigenvalue weighted by Gasteiger charge is 2.08. The van der Waals surface area contributed by atoms with Gasteiger partial charge in [-0.15, -0.1) is 16.9 Å². The fraction of sp³-hybridized carbons (Fsp3) is 0.333. The molecule has 0 saturated heterocycles. The van der Waals surface area contributed by atoms with Crippen LogP contribution in [0.1, 0.15) is 19.0 Å². The Kier molecular flexibility index (Phi) is 3.68. The molecule has 0 saturated carbocycles. The number of hydrogen-bond acceptors (Lipinski definition) is 4. The van der Waals surface area contributed by atoms with Crippen molar-refractivity contribution in [2.75, 3.05) is 18.6 Å². The van der Waals surface area contributed by atoms with Crippen molar-refractivity contribution in [2.45, 2.75) is 13.3 Å². The van der Waals surface area contributed by atoms with Crippen LogP contribution in [0.4, 0.5) is 5.82 Å². The first-order valence-corrected chi connectivity index (χ1v) is 6.83. The Morgan fingerprint density at radius 1 is 1.53 bits per heavy atom. The summed E-state index contributed by atoms with van der Waals surface area (Å²) in [6.07, 6.45) is 4.92. The summed E-state index contributed by atoms with van der Waals surface area (Å²) in [5.74, 6) is 0.844. The van der Waals surface area contributed by atoms with Crippen molar-refractivity contribution in [3.05, 3.63) is 29.4 Å². The monoisotopic (exact) mass is 248 g/mol. The predicted octanol–water partition coefficient (Wildman–Crippen LogP) is 2.88. The Labute approximate surface area is 105 Å². The molecule has 0 atom stereocenters. The molecule has 0 aliphatic carbocycles. The molecule has 90 valence electrons. The van der Waals surface area contributed by atoms with Crippen LogP contribution in [0.25, 0.3) is 11.2 Å². The highest BCUT2D eigenvalue weighted by molar-refractivity contribution is 8.01. The van der Waals surface area contributed by atoms with E-state index in [1.165, 1.54) is 5.57 Å². The Morgan fingerprint density at radius 3 is 3.00 bits per heavy atom. The minimum absolute atomic E-state index is 0.844. The number of nitrogens with zero attached hydrogens (tertiary/aromatic N) is 3. The number of fused-ring (bicyclic) bond motifs is 1. The van der Waals surface area contributed by atoms with Crippen molar-refractivity contribution in [2.24, 2.45) is 0 Å².